The van der Waals surface area contributed by atoms with E-state index >= 15 is 0 Å². The Labute approximate surface area is 145 Å². The molecular weight excluding hydrogens is 322 g/mol. The van der Waals surface area contributed by atoms with Crippen LogP contribution in [0.2, 0.25) is 0 Å². The van der Waals surface area contributed by atoms with Crippen molar-refractivity contribution in [1.29, 1.82) is 0 Å². The van der Waals surface area contributed by atoms with Crippen LogP contribution in [-0.2, 0) is 16.0 Å². The van der Waals surface area contributed by atoms with Gasteiger partial charge in [0.25, 0.3) is 0 Å². The highest BCUT2D eigenvalue weighted by molar-refractivity contribution is 6.14. The molecule has 6 heteroatoms. The molecule has 2 heterocycles. The van der Waals surface area contributed by atoms with E-state index in [-0.39, 0.29) is 18.1 Å². The lowest BCUT2D eigenvalue weighted by molar-refractivity contribution is -0.118. The van der Waals surface area contributed by atoms with Crippen LogP contribution in [-0.4, -0.2) is 23.9 Å². The lowest BCUT2D eigenvalue weighted by atomic mass is 9.98. The van der Waals surface area contributed by atoms with Crippen molar-refractivity contribution in [2.24, 2.45) is 0 Å². The molecule has 1 aromatic heterocycles. The molecular formula is C19H19NO5. The largest absolute Gasteiger partial charge is 0.453 e. The zero-order valence-electron chi connectivity index (χ0n) is 14.4. The lowest BCUT2D eigenvalue weighted by Crippen LogP contribution is -2.43. The molecule has 0 saturated heterocycles. The van der Waals surface area contributed by atoms with Crippen LogP contribution in [0.15, 0.2) is 34.7 Å². The Hall–Kier alpha value is -2.89. The normalized spacial score (nSPS) is 14.2. The number of aldehydes is 1. The molecule has 0 aliphatic carbocycles. The number of ether oxygens (including phenoxy) is 1. The van der Waals surface area contributed by atoms with Crippen molar-refractivity contribution < 1.29 is 23.5 Å². The second-order valence-electron chi connectivity index (χ2n) is 6.87. The minimum Gasteiger partial charge on any atom is -0.453 e. The molecule has 1 aliphatic rings. The molecule has 1 aromatic carbocycles. The van der Waals surface area contributed by atoms with E-state index in [0.717, 1.165) is 16.0 Å². The Bertz CT molecular complexity index is 844. The van der Waals surface area contributed by atoms with E-state index < -0.39 is 11.7 Å². The van der Waals surface area contributed by atoms with Crippen molar-refractivity contribution in [2.75, 3.05) is 4.90 Å². The van der Waals surface area contributed by atoms with Gasteiger partial charge in [0.1, 0.15) is 11.4 Å². The van der Waals surface area contributed by atoms with Gasteiger partial charge in [-0.3, -0.25) is 9.59 Å². The maximum Gasteiger partial charge on any atom is 0.421 e. The number of rotatable bonds is 2. The zero-order valence-corrected chi connectivity index (χ0v) is 14.4. The second-order valence-corrected chi connectivity index (χ2v) is 6.87. The number of carbonyl (C=O) groups excluding carboxylic acids is 3. The van der Waals surface area contributed by atoms with Crippen molar-refractivity contribution in [3.8, 4) is 11.3 Å². The number of furan rings is 1. The topological polar surface area (TPSA) is 76.8 Å². The van der Waals surface area contributed by atoms with Crippen molar-refractivity contribution in [2.45, 2.75) is 39.2 Å². The highest BCUT2D eigenvalue weighted by atomic mass is 16.6. The fourth-order valence-electron chi connectivity index (χ4n) is 2.72. The summed E-state index contributed by atoms with van der Waals surface area (Å²) in [5, 5.41) is 0. The average molecular weight is 341 g/mol. The Morgan fingerprint density at radius 2 is 1.96 bits per heavy atom. The first-order valence-electron chi connectivity index (χ1n) is 8.03. The number of benzene rings is 1. The van der Waals surface area contributed by atoms with Gasteiger partial charge in [-0.15, -0.1) is 0 Å². The molecule has 2 aromatic rings. The SMILES string of the molecule is CC(C)(C)OC(=O)N1C(=O)CCc2cc(-c3ccc(C=O)o3)ccc21. The molecule has 0 bridgehead atoms. The van der Waals surface area contributed by atoms with Gasteiger partial charge in [-0.25, -0.2) is 9.69 Å². The van der Waals surface area contributed by atoms with E-state index in [1.165, 1.54) is 0 Å². The van der Waals surface area contributed by atoms with Crippen LogP contribution in [0.25, 0.3) is 11.3 Å². The first-order valence-corrected chi connectivity index (χ1v) is 8.03. The molecule has 1 aliphatic heterocycles. The molecule has 130 valence electrons. The highest BCUT2D eigenvalue weighted by Crippen LogP contribution is 2.33. The van der Waals surface area contributed by atoms with Gasteiger partial charge in [-0.05, 0) is 63.1 Å². The maximum atomic E-state index is 12.4. The first-order chi connectivity index (χ1) is 11.8. The van der Waals surface area contributed by atoms with Gasteiger partial charge in [-0.2, -0.15) is 0 Å². The quantitative estimate of drug-likeness (QED) is 0.772. The number of aryl methyl sites for hydroxylation is 1. The maximum absolute atomic E-state index is 12.4. The molecule has 0 N–H and O–H groups in total. The number of nitrogens with zero attached hydrogens (tertiary/aromatic N) is 1. The number of carbonyl (C=O) groups is 3. The zero-order chi connectivity index (χ0) is 18.2. The second kappa shape index (κ2) is 6.20. The van der Waals surface area contributed by atoms with E-state index in [0.29, 0.717) is 24.2 Å². The Morgan fingerprint density at radius 1 is 1.20 bits per heavy atom. The molecule has 0 unspecified atom stereocenters. The summed E-state index contributed by atoms with van der Waals surface area (Å²) in [6, 6.07) is 8.63. The predicted molar refractivity (Wildman–Crippen MR) is 91.6 cm³/mol. The van der Waals surface area contributed by atoms with Gasteiger partial charge in [0.05, 0.1) is 5.69 Å². The van der Waals surface area contributed by atoms with E-state index in [4.69, 9.17) is 9.15 Å². The van der Waals surface area contributed by atoms with Crippen LogP contribution in [0.4, 0.5) is 10.5 Å². The van der Waals surface area contributed by atoms with Gasteiger partial charge >= 0.3 is 6.09 Å². The molecule has 2 amide bonds. The molecule has 3 rings (SSSR count). The minimum absolute atomic E-state index is 0.230. The number of amides is 2. The van der Waals surface area contributed by atoms with Crippen molar-refractivity contribution >= 4 is 24.0 Å². The summed E-state index contributed by atoms with van der Waals surface area (Å²) >= 11 is 0. The van der Waals surface area contributed by atoms with Crippen molar-refractivity contribution in [3.63, 3.8) is 0 Å². The minimum atomic E-state index is -0.686. The Morgan fingerprint density at radius 3 is 2.60 bits per heavy atom. The average Bonchev–Trinajstić information content (AvgIpc) is 3.01. The van der Waals surface area contributed by atoms with E-state index in [9.17, 15) is 14.4 Å². The monoisotopic (exact) mass is 341 g/mol. The number of anilines is 1. The molecule has 0 fully saturated rings. The fraction of sp³-hybridized carbons (Fsp3) is 0.316. The molecule has 25 heavy (non-hydrogen) atoms. The molecule has 0 radical (unpaired) electrons. The molecule has 0 spiro atoms. The molecule has 6 nitrogen and oxygen atoms in total. The number of hydrogen-bond donors (Lipinski definition) is 0. The van der Waals surface area contributed by atoms with E-state index in [1.54, 1.807) is 45.0 Å². The Balaban J connectivity index is 1.95. The van der Waals surface area contributed by atoms with Gasteiger partial charge < -0.3 is 9.15 Å². The summed E-state index contributed by atoms with van der Waals surface area (Å²) in [7, 11) is 0. The van der Waals surface area contributed by atoms with Crippen molar-refractivity contribution in [3.05, 3.63) is 41.7 Å². The standard InChI is InChI=1S/C19H19NO5/c1-19(2,3)25-18(23)20-15-7-4-13(10-12(15)5-9-17(20)22)16-8-6-14(11-21)24-16/h4,6-8,10-11H,5,9H2,1-3H3. The third-order valence-corrected chi connectivity index (χ3v) is 3.78. The van der Waals surface area contributed by atoms with Crippen LogP contribution >= 0.6 is 0 Å². The number of fused-ring (bicyclic) bond motifs is 1. The number of imide groups is 1. The third-order valence-electron chi connectivity index (χ3n) is 3.78. The fourth-order valence-corrected chi connectivity index (χ4v) is 2.72. The van der Waals surface area contributed by atoms with Gasteiger partial charge in [0, 0.05) is 12.0 Å². The Kier molecular flexibility index (Phi) is 4.20. The predicted octanol–water partition coefficient (Wildman–Crippen LogP) is 3.97. The van der Waals surface area contributed by atoms with E-state index in [2.05, 4.69) is 0 Å². The third kappa shape index (κ3) is 3.47. The van der Waals surface area contributed by atoms with Crippen LogP contribution < -0.4 is 4.90 Å². The summed E-state index contributed by atoms with van der Waals surface area (Å²) in [6.45, 7) is 5.26. The van der Waals surface area contributed by atoms with E-state index in [1.807, 2.05) is 6.07 Å². The molecule has 0 atom stereocenters. The van der Waals surface area contributed by atoms with Gasteiger partial charge in [-0.1, -0.05) is 0 Å². The summed E-state index contributed by atoms with van der Waals surface area (Å²) in [5.41, 5.74) is 1.47. The van der Waals surface area contributed by atoms with Gasteiger partial charge in [0.2, 0.25) is 5.91 Å². The van der Waals surface area contributed by atoms with Gasteiger partial charge in [0.15, 0.2) is 12.0 Å². The highest BCUT2D eigenvalue weighted by Gasteiger charge is 2.33. The first kappa shape index (κ1) is 17.0. The van der Waals surface area contributed by atoms with Crippen LogP contribution in [0.5, 0.6) is 0 Å². The van der Waals surface area contributed by atoms with Crippen LogP contribution in [0.3, 0.4) is 0 Å². The number of hydrogen-bond acceptors (Lipinski definition) is 5. The smallest absolute Gasteiger partial charge is 0.421 e. The summed E-state index contributed by atoms with van der Waals surface area (Å²) < 4.78 is 10.8. The van der Waals surface area contributed by atoms with Crippen LogP contribution in [0, 0.1) is 0 Å². The summed E-state index contributed by atoms with van der Waals surface area (Å²) in [4.78, 5) is 36.5. The lowest BCUT2D eigenvalue weighted by Gasteiger charge is -2.30. The summed E-state index contributed by atoms with van der Waals surface area (Å²) in [5.74, 6) is 0.527. The van der Waals surface area contributed by atoms with Crippen LogP contribution in [0.1, 0.15) is 43.3 Å². The molecule has 0 saturated carbocycles. The van der Waals surface area contributed by atoms with Crippen molar-refractivity contribution in [1.82, 2.24) is 0 Å². The summed E-state index contributed by atoms with van der Waals surface area (Å²) in [6.07, 6.45) is 0.730.